The van der Waals surface area contributed by atoms with Crippen molar-refractivity contribution in [1.82, 2.24) is 0 Å². The van der Waals surface area contributed by atoms with Crippen LogP contribution in [-0.2, 0) is 0 Å². The molecule has 2 aliphatic rings. The van der Waals surface area contributed by atoms with E-state index in [1.54, 1.807) is 0 Å². The van der Waals surface area contributed by atoms with E-state index in [0.717, 1.165) is 11.5 Å². The fourth-order valence-electron chi connectivity index (χ4n) is 3.74. The molecule has 2 heteroatoms. The van der Waals surface area contributed by atoms with Crippen molar-refractivity contribution in [1.29, 1.82) is 0 Å². The molecule has 0 bridgehead atoms. The number of hydrogen-bond acceptors (Lipinski definition) is 2. The van der Waals surface area contributed by atoms with E-state index >= 15 is 0 Å². The summed E-state index contributed by atoms with van der Waals surface area (Å²) in [5.74, 6) is 2.11. The Morgan fingerprint density at radius 2 is 1.00 bits per heavy atom. The zero-order valence-electron chi connectivity index (χ0n) is 14.2. The van der Waals surface area contributed by atoms with Crippen LogP contribution in [0.2, 0.25) is 0 Å². The molecule has 0 aromatic heterocycles. The predicted octanol–water partition coefficient (Wildman–Crippen LogP) is 5.73. The summed E-state index contributed by atoms with van der Waals surface area (Å²) in [6.07, 6.45) is 13.6. The van der Waals surface area contributed by atoms with Gasteiger partial charge in [-0.2, -0.15) is 0 Å². The molecule has 0 heterocycles. The van der Waals surface area contributed by atoms with Crippen LogP contribution in [0.3, 0.4) is 0 Å². The molecule has 22 heavy (non-hydrogen) atoms. The van der Waals surface area contributed by atoms with Gasteiger partial charge in [-0.15, -0.1) is 0 Å². The third-order valence-corrected chi connectivity index (χ3v) is 5.16. The third kappa shape index (κ3) is 3.97. The van der Waals surface area contributed by atoms with E-state index in [2.05, 4.69) is 26.0 Å². The van der Waals surface area contributed by atoms with Gasteiger partial charge in [0.25, 0.3) is 0 Å². The molecule has 3 rings (SSSR count). The van der Waals surface area contributed by atoms with Crippen LogP contribution in [0.25, 0.3) is 0 Å². The van der Waals surface area contributed by atoms with Crippen LogP contribution in [0.4, 0.5) is 0 Å². The van der Waals surface area contributed by atoms with Gasteiger partial charge in [0.1, 0.15) is 11.5 Å². The van der Waals surface area contributed by atoms with Crippen molar-refractivity contribution in [3.63, 3.8) is 0 Å². The van der Waals surface area contributed by atoms with Crippen molar-refractivity contribution in [2.75, 3.05) is 0 Å². The summed E-state index contributed by atoms with van der Waals surface area (Å²) in [6, 6.07) is 4.37. The van der Waals surface area contributed by atoms with Crippen LogP contribution in [0.15, 0.2) is 12.1 Å². The largest absolute Gasteiger partial charge is 0.490 e. The standard InChI is InChI=1S/C20H30O2/c1-15-13-20(22-18-11-7-4-8-12-18)16(2)14-19(15)21-17-9-5-3-6-10-17/h13-14,17-18H,3-12H2,1-2H3. The first-order valence-corrected chi connectivity index (χ1v) is 9.17. The van der Waals surface area contributed by atoms with E-state index in [-0.39, 0.29) is 0 Å². The lowest BCUT2D eigenvalue weighted by atomic mass is 9.97. The molecule has 122 valence electrons. The quantitative estimate of drug-likeness (QED) is 0.707. The van der Waals surface area contributed by atoms with Crippen molar-refractivity contribution < 1.29 is 9.47 Å². The molecule has 2 fully saturated rings. The molecule has 2 saturated carbocycles. The Kier molecular flexibility index (Phi) is 5.28. The number of rotatable bonds is 4. The second-order valence-electron chi connectivity index (χ2n) is 7.14. The average molecular weight is 302 g/mol. The molecule has 0 aliphatic heterocycles. The van der Waals surface area contributed by atoms with Gasteiger partial charge in [0.05, 0.1) is 12.2 Å². The van der Waals surface area contributed by atoms with E-state index < -0.39 is 0 Å². The molecular formula is C20H30O2. The zero-order chi connectivity index (χ0) is 15.4. The van der Waals surface area contributed by atoms with E-state index in [4.69, 9.17) is 9.47 Å². The zero-order valence-corrected chi connectivity index (χ0v) is 14.2. The van der Waals surface area contributed by atoms with Gasteiger partial charge in [-0.1, -0.05) is 12.8 Å². The maximum atomic E-state index is 6.26. The highest BCUT2D eigenvalue weighted by Crippen LogP contribution is 2.33. The molecule has 1 aromatic carbocycles. The van der Waals surface area contributed by atoms with Gasteiger partial charge >= 0.3 is 0 Å². The SMILES string of the molecule is Cc1cc(OC2CCCCC2)c(C)cc1OC1CCCCC1. The minimum absolute atomic E-state index is 0.414. The Labute approximate surface area is 135 Å². The summed E-state index contributed by atoms with van der Waals surface area (Å²) in [7, 11) is 0. The number of aryl methyl sites for hydroxylation is 2. The van der Waals surface area contributed by atoms with Gasteiger partial charge in [-0.25, -0.2) is 0 Å². The van der Waals surface area contributed by atoms with E-state index in [9.17, 15) is 0 Å². The van der Waals surface area contributed by atoms with E-state index in [1.165, 1.54) is 75.3 Å². The van der Waals surface area contributed by atoms with Gasteiger partial charge in [-0.3, -0.25) is 0 Å². The van der Waals surface area contributed by atoms with Crippen LogP contribution in [0, 0.1) is 13.8 Å². The van der Waals surface area contributed by atoms with Crippen LogP contribution < -0.4 is 9.47 Å². The molecule has 0 saturated heterocycles. The van der Waals surface area contributed by atoms with E-state index in [0.29, 0.717) is 12.2 Å². The first kappa shape index (κ1) is 15.7. The fourth-order valence-corrected chi connectivity index (χ4v) is 3.74. The maximum absolute atomic E-state index is 6.26. The molecule has 2 nitrogen and oxygen atoms in total. The molecule has 0 N–H and O–H groups in total. The highest BCUT2D eigenvalue weighted by Gasteiger charge is 2.19. The lowest BCUT2D eigenvalue weighted by Crippen LogP contribution is -2.21. The Balaban J connectivity index is 1.67. The highest BCUT2D eigenvalue weighted by atomic mass is 16.5. The molecule has 2 aliphatic carbocycles. The van der Waals surface area contributed by atoms with Crippen molar-refractivity contribution in [3.05, 3.63) is 23.3 Å². The molecular weight excluding hydrogens is 272 g/mol. The normalized spacial score (nSPS) is 20.8. The van der Waals surface area contributed by atoms with Crippen LogP contribution in [-0.4, -0.2) is 12.2 Å². The second-order valence-corrected chi connectivity index (χ2v) is 7.14. The summed E-state index contributed by atoms with van der Waals surface area (Å²) in [5, 5.41) is 0. The topological polar surface area (TPSA) is 18.5 Å². The Bertz CT molecular complexity index is 437. The van der Waals surface area contributed by atoms with Gasteiger partial charge in [0.15, 0.2) is 0 Å². The highest BCUT2D eigenvalue weighted by molar-refractivity contribution is 5.45. The van der Waals surface area contributed by atoms with Gasteiger partial charge < -0.3 is 9.47 Å². The lowest BCUT2D eigenvalue weighted by molar-refractivity contribution is 0.148. The minimum atomic E-state index is 0.414. The summed E-state index contributed by atoms with van der Waals surface area (Å²) >= 11 is 0. The first-order chi connectivity index (χ1) is 10.7. The van der Waals surface area contributed by atoms with Crippen molar-refractivity contribution in [2.45, 2.75) is 90.3 Å². The summed E-state index contributed by atoms with van der Waals surface area (Å²) in [5.41, 5.74) is 2.42. The number of ether oxygens (including phenoxy) is 2. The van der Waals surface area contributed by atoms with Crippen molar-refractivity contribution >= 4 is 0 Å². The summed E-state index contributed by atoms with van der Waals surface area (Å²) in [4.78, 5) is 0. The lowest BCUT2D eigenvalue weighted by Gasteiger charge is -2.26. The summed E-state index contributed by atoms with van der Waals surface area (Å²) in [6.45, 7) is 4.29. The van der Waals surface area contributed by atoms with Gasteiger partial charge in [0, 0.05) is 0 Å². The Hall–Kier alpha value is -1.18. The Morgan fingerprint density at radius 1 is 0.636 bits per heavy atom. The van der Waals surface area contributed by atoms with Crippen molar-refractivity contribution in [2.24, 2.45) is 0 Å². The average Bonchev–Trinajstić information content (AvgIpc) is 2.54. The van der Waals surface area contributed by atoms with E-state index in [1.807, 2.05) is 0 Å². The third-order valence-electron chi connectivity index (χ3n) is 5.16. The van der Waals surface area contributed by atoms with Crippen LogP contribution in [0.5, 0.6) is 11.5 Å². The molecule has 0 amide bonds. The van der Waals surface area contributed by atoms with Gasteiger partial charge in [-0.05, 0) is 88.5 Å². The minimum Gasteiger partial charge on any atom is -0.490 e. The van der Waals surface area contributed by atoms with Crippen LogP contribution >= 0.6 is 0 Å². The first-order valence-electron chi connectivity index (χ1n) is 9.17. The fraction of sp³-hybridized carbons (Fsp3) is 0.700. The molecule has 0 unspecified atom stereocenters. The summed E-state index contributed by atoms with van der Waals surface area (Å²) < 4.78 is 12.5. The van der Waals surface area contributed by atoms with Gasteiger partial charge in [0.2, 0.25) is 0 Å². The second kappa shape index (κ2) is 7.39. The molecule has 0 atom stereocenters. The maximum Gasteiger partial charge on any atom is 0.123 e. The smallest absolute Gasteiger partial charge is 0.123 e. The van der Waals surface area contributed by atoms with Crippen LogP contribution in [0.1, 0.15) is 75.3 Å². The Morgan fingerprint density at radius 3 is 1.36 bits per heavy atom. The number of hydrogen-bond donors (Lipinski definition) is 0. The molecule has 0 radical (unpaired) electrons. The number of benzene rings is 1. The molecule has 0 spiro atoms. The predicted molar refractivity (Wildman–Crippen MR) is 90.9 cm³/mol. The molecule has 1 aromatic rings. The van der Waals surface area contributed by atoms with Crippen molar-refractivity contribution in [3.8, 4) is 11.5 Å². The monoisotopic (exact) mass is 302 g/mol.